The van der Waals surface area contributed by atoms with Gasteiger partial charge in [0.05, 0.1) is 41.3 Å². The van der Waals surface area contributed by atoms with Crippen molar-refractivity contribution in [3.8, 4) is 23.0 Å². The summed E-state index contributed by atoms with van der Waals surface area (Å²) in [5.74, 6) is -0.101. The molecule has 1 saturated carbocycles. The average Bonchev–Trinajstić information content (AvgIpc) is 3.99. The number of carbonyl (C=O) groups excluding carboxylic acids is 2. The summed E-state index contributed by atoms with van der Waals surface area (Å²) in [7, 11) is -1.45. The second-order valence-corrected chi connectivity index (χ2v) is 24.2. The molecule has 12 nitrogen and oxygen atoms in total. The summed E-state index contributed by atoms with van der Waals surface area (Å²) in [6.45, 7) is 15.6. The molecule has 0 unspecified atom stereocenters. The fraction of sp³-hybridized carbons (Fsp3) is 0.488. The van der Waals surface area contributed by atoms with Crippen LogP contribution in [0.4, 0.5) is 14.0 Å². The SMILES string of the molecule is Cc1cccc(-c2c(CCC#N)cc3c(nc(-n4cncn4)c4cc([C@H]5CCCN5C(=O)OCC[Si](C)(C)C)n([C@H]5[C@@H]6C[C@H]5N(C(=O)OC(C)(C)C)C6)c43)c2F)c1Cl. The number of hydrogen-bond donors (Lipinski definition) is 0. The molecule has 3 aromatic heterocycles. The number of rotatable bonds is 9. The molecule has 2 aromatic carbocycles. The lowest BCUT2D eigenvalue weighted by atomic mass is 9.79. The van der Waals surface area contributed by atoms with Crippen LogP contribution in [-0.2, 0) is 15.9 Å². The highest BCUT2D eigenvalue weighted by molar-refractivity contribution is 6.76. The molecule has 3 saturated heterocycles. The van der Waals surface area contributed by atoms with Gasteiger partial charge in [0.25, 0.3) is 0 Å². The molecule has 3 aliphatic heterocycles. The molecule has 1 aliphatic carbocycles. The van der Waals surface area contributed by atoms with E-state index in [0.29, 0.717) is 69.9 Å². The molecule has 5 aromatic rings. The lowest BCUT2D eigenvalue weighted by Crippen LogP contribution is -2.45. The molecule has 15 heteroatoms. The van der Waals surface area contributed by atoms with Crippen LogP contribution in [0.3, 0.4) is 0 Å². The number of aryl methyl sites for hydroxylation is 2. The molecule has 304 valence electrons. The van der Waals surface area contributed by atoms with Crippen LogP contribution < -0.4 is 0 Å². The van der Waals surface area contributed by atoms with Gasteiger partial charge in [-0.2, -0.15) is 10.4 Å². The van der Waals surface area contributed by atoms with Gasteiger partial charge in [-0.25, -0.2) is 28.6 Å². The summed E-state index contributed by atoms with van der Waals surface area (Å²) < 4.78 is 33.3. The maximum atomic E-state index is 17.7. The maximum Gasteiger partial charge on any atom is 0.410 e. The van der Waals surface area contributed by atoms with Gasteiger partial charge in [-0.15, -0.1) is 0 Å². The summed E-state index contributed by atoms with van der Waals surface area (Å²) in [6, 6.07) is 11.9. The predicted octanol–water partition coefficient (Wildman–Crippen LogP) is 9.79. The first-order valence-corrected chi connectivity index (χ1v) is 24.2. The van der Waals surface area contributed by atoms with Crippen molar-refractivity contribution in [3.05, 3.63) is 70.6 Å². The molecule has 4 aliphatic rings. The zero-order chi connectivity index (χ0) is 41.3. The van der Waals surface area contributed by atoms with E-state index in [-0.39, 0.29) is 54.6 Å². The highest BCUT2D eigenvalue weighted by Crippen LogP contribution is 2.54. The van der Waals surface area contributed by atoms with Crippen LogP contribution in [0.1, 0.15) is 75.4 Å². The molecule has 0 radical (unpaired) electrons. The Morgan fingerprint density at radius 1 is 1.12 bits per heavy atom. The van der Waals surface area contributed by atoms with Crippen LogP contribution in [0.5, 0.6) is 0 Å². The third kappa shape index (κ3) is 7.10. The average molecular weight is 825 g/mol. The van der Waals surface area contributed by atoms with E-state index < -0.39 is 19.5 Å². The molecule has 6 heterocycles. The molecule has 0 N–H and O–H groups in total. The molecule has 0 spiro atoms. The van der Waals surface area contributed by atoms with E-state index in [1.54, 1.807) is 6.07 Å². The van der Waals surface area contributed by atoms with E-state index in [2.05, 4.69) is 46.4 Å². The van der Waals surface area contributed by atoms with Crippen molar-refractivity contribution in [2.45, 2.75) is 109 Å². The van der Waals surface area contributed by atoms with Gasteiger partial charge in [0.1, 0.15) is 23.8 Å². The van der Waals surface area contributed by atoms with Gasteiger partial charge in [-0.05, 0) is 82.7 Å². The fourth-order valence-electron chi connectivity index (χ4n) is 9.05. The van der Waals surface area contributed by atoms with E-state index in [0.717, 1.165) is 30.1 Å². The first-order chi connectivity index (χ1) is 27.6. The van der Waals surface area contributed by atoms with E-state index >= 15 is 4.39 Å². The van der Waals surface area contributed by atoms with Gasteiger partial charge >= 0.3 is 12.2 Å². The van der Waals surface area contributed by atoms with Gasteiger partial charge < -0.3 is 18.9 Å². The Bertz CT molecular complexity index is 2470. The van der Waals surface area contributed by atoms with Crippen LogP contribution in [0.25, 0.3) is 38.8 Å². The van der Waals surface area contributed by atoms with Crippen molar-refractivity contribution < 1.29 is 23.5 Å². The van der Waals surface area contributed by atoms with Crippen LogP contribution >= 0.6 is 11.6 Å². The summed E-state index contributed by atoms with van der Waals surface area (Å²) >= 11 is 6.88. The Morgan fingerprint density at radius 2 is 1.91 bits per heavy atom. The largest absolute Gasteiger partial charge is 0.450 e. The Balaban J connectivity index is 1.39. The standard InChI is InChI=1S/C43H50ClFN8O4Si/c1-25-11-8-13-28(35(25)44)34-26(12-9-15-46)19-29-37(36(34)45)49-40(52-24-47-23-48-52)30-21-32(31-14-10-16-50(31)41(54)56-17-18-58(5,6)7)53(39(29)30)38-27-20-33(38)51(22-27)42(55)57-43(2,3)4/h8,11,13,19,21,23-24,27,31,33,38H,9-10,12,14,16-18,20,22H2,1-7H3/t27-,31-,33-,38+/m1/s1. The minimum atomic E-state index is -1.45. The van der Waals surface area contributed by atoms with Crippen molar-refractivity contribution >= 4 is 53.7 Å². The number of benzene rings is 2. The number of fused-ring (bicyclic) bond motifs is 4. The lowest BCUT2D eigenvalue weighted by Gasteiger charge is -2.40. The molecule has 2 bridgehead atoms. The fourth-order valence-corrected chi connectivity index (χ4v) is 9.99. The van der Waals surface area contributed by atoms with Gasteiger partial charge in [0.15, 0.2) is 11.6 Å². The molecule has 4 atom stereocenters. The van der Waals surface area contributed by atoms with E-state index in [9.17, 15) is 14.9 Å². The number of likely N-dealkylation sites (tertiary alicyclic amines) is 1. The summed E-state index contributed by atoms with van der Waals surface area (Å²) in [5.41, 5.74) is 3.27. The topological polar surface area (TPSA) is 131 Å². The third-order valence-corrected chi connectivity index (χ3v) is 14.0. The van der Waals surface area contributed by atoms with Gasteiger partial charge in [-0.1, -0.05) is 49.4 Å². The molecular weight excluding hydrogens is 775 g/mol. The number of carbonyl (C=O) groups is 2. The summed E-state index contributed by atoms with van der Waals surface area (Å²) in [6.07, 6.45) is 4.93. The number of amides is 2. The predicted molar refractivity (Wildman–Crippen MR) is 223 cm³/mol. The number of nitrogens with zero attached hydrogens (tertiary/aromatic N) is 8. The molecule has 9 rings (SSSR count). The molecule has 58 heavy (non-hydrogen) atoms. The van der Waals surface area contributed by atoms with Crippen molar-refractivity contribution in [2.24, 2.45) is 5.92 Å². The van der Waals surface area contributed by atoms with Gasteiger partial charge in [0, 0.05) is 61.1 Å². The monoisotopic (exact) mass is 824 g/mol. The highest BCUT2D eigenvalue weighted by atomic mass is 35.5. The van der Waals surface area contributed by atoms with E-state index in [4.69, 9.17) is 26.1 Å². The Labute approximate surface area is 343 Å². The first-order valence-electron chi connectivity index (χ1n) is 20.2. The smallest absolute Gasteiger partial charge is 0.410 e. The second-order valence-electron chi connectivity index (χ2n) is 18.2. The number of aromatic nitrogens is 5. The number of pyridine rings is 1. The lowest BCUT2D eigenvalue weighted by molar-refractivity contribution is 0.0208. The summed E-state index contributed by atoms with van der Waals surface area (Å²) in [4.78, 5) is 40.5. The zero-order valence-corrected chi connectivity index (χ0v) is 35.9. The van der Waals surface area contributed by atoms with Crippen LogP contribution in [0, 0.1) is 30.0 Å². The Kier molecular flexibility index (Phi) is 10.3. The molecule has 2 amide bonds. The number of nitriles is 1. The number of ether oxygens (including phenoxy) is 2. The van der Waals surface area contributed by atoms with Gasteiger partial charge in [0.2, 0.25) is 0 Å². The minimum Gasteiger partial charge on any atom is -0.450 e. The molecule has 4 fully saturated rings. The van der Waals surface area contributed by atoms with Crippen molar-refractivity contribution in [3.63, 3.8) is 0 Å². The zero-order valence-electron chi connectivity index (χ0n) is 34.2. The van der Waals surface area contributed by atoms with Crippen molar-refractivity contribution in [1.82, 2.24) is 34.1 Å². The van der Waals surface area contributed by atoms with Crippen LogP contribution in [0.2, 0.25) is 30.7 Å². The number of hydrogen-bond acceptors (Lipinski definition) is 8. The van der Waals surface area contributed by atoms with Crippen molar-refractivity contribution in [2.75, 3.05) is 19.7 Å². The maximum absolute atomic E-state index is 17.7. The highest BCUT2D eigenvalue weighted by Gasteiger charge is 2.57. The third-order valence-electron chi connectivity index (χ3n) is 11.8. The quantitative estimate of drug-likeness (QED) is 0.134. The second kappa shape index (κ2) is 15.0. The van der Waals surface area contributed by atoms with Crippen LogP contribution in [0.15, 0.2) is 43.0 Å². The van der Waals surface area contributed by atoms with E-state index in [1.807, 2.05) is 55.7 Å². The first kappa shape index (κ1) is 39.8. The van der Waals surface area contributed by atoms with Crippen molar-refractivity contribution in [1.29, 1.82) is 5.26 Å². The van der Waals surface area contributed by atoms with Gasteiger partial charge in [-0.3, -0.25) is 4.90 Å². The van der Waals surface area contributed by atoms with E-state index in [1.165, 1.54) is 17.3 Å². The Hall–Kier alpha value is -5.00. The number of halogens is 2. The summed E-state index contributed by atoms with van der Waals surface area (Å²) in [5, 5.41) is 15.9. The normalized spacial score (nSPS) is 20.5. The molecular formula is C43H50ClFN8O4Si. The Morgan fingerprint density at radius 3 is 2.62 bits per heavy atom. The van der Waals surface area contributed by atoms with Crippen LogP contribution in [-0.4, -0.2) is 85.7 Å². The minimum absolute atomic E-state index is 0.0803.